The quantitative estimate of drug-likeness (QED) is 0.891. The lowest BCUT2D eigenvalue weighted by Crippen LogP contribution is -2.35. The van der Waals surface area contributed by atoms with Crippen LogP contribution in [0, 0.1) is 5.92 Å². The van der Waals surface area contributed by atoms with Crippen molar-refractivity contribution in [1.82, 2.24) is 20.4 Å². The summed E-state index contributed by atoms with van der Waals surface area (Å²) in [7, 11) is 0. The van der Waals surface area contributed by atoms with Gasteiger partial charge in [0.15, 0.2) is 5.82 Å². The third-order valence-corrected chi connectivity index (χ3v) is 4.42. The molecule has 2 unspecified atom stereocenters. The molecule has 2 aliphatic heterocycles. The van der Waals surface area contributed by atoms with Gasteiger partial charge in [0, 0.05) is 25.4 Å². The first-order chi connectivity index (χ1) is 9.35. The molecule has 3 heterocycles. The highest BCUT2D eigenvalue weighted by Crippen LogP contribution is 2.23. The molecule has 0 spiro atoms. The molecule has 0 aromatic carbocycles. The molecule has 2 atom stereocenters. The normalized spacial score (nSPS) is 28.9. The highest BCUT2D eigenvalue weighted by molar-refractivity contribution is 5.00. The fourth-order valence-corrected chi connectivity index (χ4v) is 3.24. The van der Waals surface area contributed by atoms with Gasteiger partial charge in [-0.25, -0.2) is 0 Å². The molecule has 106 valence electrons. The van der Waals surface area contributed by atoms with Gasteiger partial charge in [-0.15, -0.1) is 0 Å². The average Bonchev–Trinajstić information content (AvgIpc) is 3.09. The molecular formula is C14H24N4O. The summed E-state index contributed by atoms with van der Waals surface area (Å²) >= 11 is 0. The van der Waals surface area contributed by atoms with Crippen LogP contribution >= 0.6 is 0 Å². The zero-order valence-electron chi connectivity index (χ0n) is 11.8. The van der Waals surface area contributed by atoms with Crippen LogP contribution in [0.1, 0.15) is 43.8 Å². The van der Waals surface area contributed by atoms with E-state index < -0.39 is 0 Å². The molecule has 0 aliphatic carbocycles. The van der Waals surface area contributed by atoms with Crippen LogP contribution in [0.2, 0.25) is 0 Å². The second kappa shape index (κ2) is 6.01. The van der Waals surface area contributed by atoms with Crippen LogP contribution < -0.4 is 5.32 Å². The highest BCUT2D eigenvalue weighted by Gasteiger charge is 2.24. The Morgan fingerprint density at radius 2 is 2.37 bits per heavy atom. The summed E-state index contributed by atoms with van der Waals surface area (Å²) < 4.78 is 5.44. The smallest absolute Gasteiger partial charge is 0.226 e. The predicted octanol–water partition coefficient (Wildman–Crippen LogP) is 1.42. The molecule has 2 aliphatic rings. The number of aromatic nitrogens is 2. The predicted molar refractivity (Wildman–Crippen MR) is 73.1 cm³/mol. The van der Waals surface area contributed by atoms with E-state index in [0.717, 1.165) is 44.2 Å². The standard InChI is InChI=1S/C14H24N4O/c1-2-18-7-3-4-11(10-18)8-13-16-14(17-19-13)12-5-6-15-9-12/h11-12,15H,2-10H2,1H3. The van der Waals surface area contributed by atoms with Crippen LogP contribution in [0.3, 0.4) is 0 Å². The van der Waals surface area contributed by atoms with Crippen LogP contribution in [-0.2, 0) is 6.42 Å². The van der Waals surface area contributed by atoms with Crippen LogP contribution in [0.15, 0.2) is 4.52 Å². The van der Waals surface area contributed by atoms with Crippen molar-refractivity contribution >= 4 is 0 Å². The van der Waals surface area contributed by atoms with Gasteiger partial charge in [0.1, 0.15) is 0 Å². The van der Waals surface area contributed by atoms with E-state index in [4.69, 9.17) is 4.52 Å². The Balaban J connectivity index is 1.57. The maximum Gasteiger partial charge on any atom is 0.226 e. The topological polar surface area (TPSA) is 54.2 Å². The van der Waals surface area contributed by atoms with Crippen molar-refractivity contribution in [2.75, 3.05) is 32.7 Å². The SMILES string of the molecule is CCN1CCCC(Cc2nc(C3CCNC3)no2)C1. The summed E-state index contributed by atoms with van der Waals surface area (Å²) in [6.07, 6.45) is 4.67. The van der Waals surface area contributed by atoms with E-state index >= 15 is 0 Å². The average molecular weight is 264 g/mol. The second-order valence-corrected chi connectivity index (χ2v) is 5.84. The first-order valence-corrected chi connectivity index (χ1v) is 7.60. The molecule has 1 aromatic heterocycles. The molecular weight excluding hydrogens is 240 g/mol. The Morgan fingerprint density at radius 3 is 3.16 bits per heavy atom. The van der Waals surface area contributed by atoms with Crippen molar-refractivity contribution in [3.05, 3.63) is 11.7 Å². The van der Waals surface area contributed by atoms with E-state index in [2.05, 4.69) is 27.3 Å². The molecule has 1 N–H and O–H groups in total. The molecule has 3 rings (SSSR count). The minimum Gasteiger partial charge on any atom is -0.339 e. The van der Waals surface area contributed by atoms with Crippen LogP contribution in [0.5, 0.6) is 0 Å². The summed E-state index contributed by atoms with van der Waals surface area (Å²) in [5, 5.41) is 7.51. The largest absolute Gasteiger partial charge is 0.339 e. The molecule has 5 nitrogen and oxygen atoms in total. The lowest BCUT2D eigenvalue weighted by molar-refractivity contribution is 0.174. The summed E-state index contributed by atoms with van der Waals surface area (Å²) in [4.78, 5) is 7.12. The van der Waals surface area contributed by atoms with Gasteiger partial charge in [-0.3, -0.25) is 0 Å². The number of likely N-dealkylation sites (tertiary alicyclic amines) is 1. The van der Waals surface area contributed by atoms with E-state index in [1.165, 1.54) is 25.9 Å². The van der Waals surface area contributed by atoms with Crippen molar-refractivity contribution in [1.29, 1.82) is 0 Å². The number of hydrogen-bond acceptors (Lipinski definition) is 5. The van der Waals surface area contributed by atoms with E-state index in [1.807, 2.05) is 0 Å². The van der Waals surface area contributed by atoms with Crippen molar-refractivity contribution in [2.45, 2.75) is 38.5 Å². The summed E-state index contributed by atoms with van der Waals surface area (Å²) in [5.74, 6) is 2.88. The number of nitrogens with zero attached hydrogens (tertiary/aromatic N) is 3. The van der Waals surface area contributed by atoms with Gasteiger partial charge in [-0.1, -0.05) is 12.1 Å². The Labute approximate surface area is 114 Å². The fraction of sp³-hybridized carbons (Fsp3) is 0.857. The van der Waals surface area contributed by atoms with E-state index in [-0.39, 0.29) is 0 Å². The molecule has 0 radical (unpaired) electrons. The van der Waals surface area contributed by atoms with Crippen LogP contribution in [0.25, 0.3) is 0 Å². The number of piperidine rings is 1. The second-order valence-electron chi connectivity index (χ2n) is 5.84. The Bertz CT molecular complexity index is 400. The minimum absolute atomic E-state index is 0.455. The zero-order valence-corrected chi connectivity index (χ0v) is 11.8. The maximum absolute atomic E-state index is 5.44. The first-order valence-electron chi connectivity index (χ1n) is 7.60. The number of nitrogens with one attached hydrogen (secondary N) is 1. The molecule has 19 heavy (non-hydrogen) atoms. The Kier molecular flexibility index (Phi) is 4.13. The Morgan fingerprint density at radius 1 is 1.42 bits per heavy atom. The van der Waals surface area contributed by atoms with Gasteiger partial charge in [-0.2, -0.15) is 4.98 Å². The van der Waals surface area contributed by atoms with Gasteiger partial charge in [0.05, 0.1) is 0 Å². The lowest BCUT2D eigenvalue weighted by atomic mass is 9.95. The summed E-state index contributed by atoms with van der Waals surface area (Å²) in [5.41, 5.74) is 0. The monoisotopic (exact) mass is 264 g/mol. The molecule has 5 heteroatoms. The maximum atomic E-state index is 5.44. The zero-order chi connectivity index (χ0) is 13.1. The third-order valence-electron chi connectivity index (χ3n) is 4.42. The third kappa shape index (κ3) is 3.15. The fourth-order valence-electron chi connectivity index (χ4n) is 3.24. The van der Waals surface area contributed by atoms with Gasteiger partial charge < -0.3 is 14.7 Å². The van der Waals surface area contributed by atoms with Crippen molar-refractivity contribution in [2.24, 2.45) is 5.92 Å². The van der Waals surface area contributed by atoms with Gasteiger partial charge in [0.25, 0.3) is 0 Å². The Hall–Kier alpha value is -0.940. The number of rotatable bonds is 4. The molecule has 0 saturated carbocycles. The van der Waals surface area contributed by atoms with Crippen molar-refractivity contribution < 1.29 is 4.52 Å². The number of hydrogen-bond donors (Lipinski definition) is 1. The molecule has 0 bridgehead atoms. The first kappa shape index (κ1) is 13.1. The minimum atomic E-state index is 0.455. The molecule has 2 fully saturated rings. The lowest BCUT2D eigenvalue weighted by Gasteiger charge is -2.31. The van der Waals surface area contributed by atoms with Gasteiger partial charge >= 0.3 is 0 Å². The summed E-state index contributed by atoms with van der Waals surface area (Å²) in [6.45, 7) is 7.88. The molecule has 1 aromatic rings. The van der Waals surface area contributed by atoms with E-state index in [1.54, 1.807) is 0 Å². The van der Waals surface area contributed by atoms with E-state index in [9.17, 15) is 0 Å². The van der Waals surface area contributed by atoms with Crippen LogP contribution in [0.4, 0.5) is 0 Å². The van der Waals surface area contributed by atoms with Gasteiger partial charge in [-0.05, 0) is 44.8 Å². The van der Waals surface area contributed by atoms with Gasteiger partial charge in [0.2, 0.25) is 5.89 Å². The van der Waals surface area contributed by atoms with Crippen molar-refractivity contribution in [3.63, 3.8) is 0 Å². The molecule has 0 amide bonds. The summed E-state index contributed by atoms with van der Waals surface area (Å²) in [6, 6.07) is 0. The van der Waals surface area contributed by atoms with Crippen molar-refractivity contribution in [3.8, 4) is 0 Å². The van der Waals surface area contributed by atoms with Crippen LogP contribution in [-0.4, -0.2) is 47.8 Å². The molecule has 2 saturated heterocycles. The highest BCUT2D eigenvalue weighted by atomic mass is 16.5. The van der Waals surface area contributed by atoms with E-state index in [0.29, 0.717) is 11.8 Å².